The van der Waals surface area contributed by atoms with Crippen LogP contribution < -0.4 is 14.8 Å². The van der Waals surface area contributed by atoms with Gasteiger partial charge in [-0.05, 0) is 6.92 Å². The quantitative estimate of drug-likeness (QED) is 0.540. The zero-order chi connectivity index (χ0) is 16.7. The molecule has 1 amide bonds. The van der Waals surface area contributed by atoms with Crippen LogP contribution in [0.1, 0.15) is 24.3 Å². The number of methoxy groups -OCH3 is 1. The molecule has 0 aromatic carbocycles. The van der Waals surface area contributed by atoms with E-state index in [9.17, 15) is 14.4 Å². The maximum Gasteiger partial charge on any atom is 0.325 e. The Hall–Kier alpha value is -2.84. The van der Waals surface area contributed by atoms with E-state index in [0.29, 0.717) is 0 Å². The minimum Gasteiger partial charge on any atom is -0.493 e. The zero-order valence-corrected chi connectivity index (χ0v) is 12.3. The molecule has 1 heterocycles. The Morgan fingerprint density at radius 1 is 1.41 bits per heavy atom. The van der Waals surface area contributed by atoms with Crippen LogP contribution in [0.4, 0.5) is 0 Å². The number of carboxylic acid groups (broad SMARTS) is 1. The standard InChI is InChI=1S/C13H16N2O7/c1-7(13(18)19)15-12(17)10-11(22-6-21-8(2)16)9(20-3)4-5-14-10/h4-5,7H,6H2,1-3H3,(H,15,17)(H,18,19)/t7-/m0/s1. The topological polar surface area (TPSA) is 124 Å². The predicted molar refractivity (Wildman–Crippen MR) is 72.6 cm³/mol. The van der Waals surface area contributed by atoms with Crippen molar-refractivity contribution >= 4 is 17.8 Å². The highest BCUT2D eigenvalue weighted by Crippen LogP contribution is 2.29. The molecule has 0 fully saturated rings. The van der Waals surface area contributed by atoms with E-state index in [0.717, 1.165) is 0 Å². The monoisotopic (exact) mass is 312 g/mol. The second-order valence-electron chi connectivity index (χ2n) is 4.12. The van der Waals surface area contributed by atoms with Crippen LogP contribution in [0.15, 0.2) is 12.3 Å². The van der Waals surface area contributed by atoms with Gasteiger partial charge in [0.15, 0.2) is 17.2 Å². The van der Waals surface area contributed by atoms with Crippen LogP contribution in [0.2, 0.25) is 0 Å². The van der Waals surface area contributed by atoms with Crippen molar-refractivity contribution in [2.45, 2.75) is 19.9 Å². The molecule has 0 saturated carbocycles. The summed E-state index contributed by atoms with van der Waals surface area (Å²) in [6.45, 7) is 2.07. The number of hydrogen-bond donors (Lipinski definition) is 2. The first-order valence-corrected chi connectivity index (χ1v) is 6.19. The van der Waals surface area contributed by atoms with Gasteiger partial charge in [-0.25, -0.2) is 4.98 Å². The summed E-state index contributed by atoms with van der Waals surface area (Å²) >= 11 is 0. The molecule has 9 heteroatoms. The second kappa shape index (κ2) is 7.81. The number of nitrogens with one attached hydrogen (secondary N) is 1. The van der Waals surface area contributed by atoms with E-state index in [1.807, 2.05) is 0 Å². The van der Waals surface area contributed by atoms with Crippen LogP contribution in [0, 0.1) is 0 Å². The lowest BCUT2D eigenvalue weighted by atomic mass is 10.2. The van der Waals surface area contributed by atoms with E-state index >= 15 is 0 Å². The third kappa shape index (κ3) is 4.62. The van der Waals surface area contributed by atoms with Crippen molar-refractivity contribution in [3.63, 3.8) is 0 Å². The number of nitrogens with zero attached hydrogens (tertiary/aromatic N) is 1. The molecule has 2 N–H and O–H groups in total. The SMILES string of the molecule is COc1ccnc(C(=O)N[C@@H](C)C(=O)O)c1OCOC(C)=O. The van der Waals surface area contributed by atoms with Gasteiger partial charge in [-0.1, -0.05) is 0 Å². The van der Waals surface area contributed by atoms with Gasteiger partial charge >= 0.3 is 11.9 Å². The van der Waals surface area contributed by atoms with E-state index in [2.05, 4.69) is 15.0 Å². The van der Waals surface area contributed by atoms with Crippen molar-refractivity contribution in [3.05, 3.63) is 18.0 Å². The Morgan fingerprint density at radius 2 is 2.09 bits per heavy atom. The average Bonchev–Trinajstić information content (AvgIpc) is 2.46. The van der Waals surface area contributed by atoms with E-state index in [4.69, 9.17) is 14.6 Å². The smallest absolute Gasteiger partial charge is 0.325 e. The molecule has 1 atom stereocenters. The number of hydrogen-bond acceptors (Lipinski definition) is 7. The number of aliphatic carboxylic acids is 1. The van der Waals surface area contributed by atoms with Crippen molar-refractivity contribution in [3.8, 4) is 11.5 Å². The van der Waals surface area contributed by atoms with E-state index in [1.54, 1.807) is 0 Å². The Bertz CT molecular complexity index is 574. The summed E-state index contributed by atoms with van der Waals surface area (Å²) in [6.07, 6.45) is 1.30. The first kappa shape index (κ1) is 17.2. The third-order valence-electron chi connectivity index (χ3n) is 2.49. The molecule has 0 unspecified atom stereocenters. The third-order valence-corrected chi connectivity index (χ3v) is 2.49. The number of rotatable bonds is 7. The van der Waals surface area contributed by atoms with Crippen LogP contribution in [-0.2, 0) is 14.3 Å². The number of carbonyl (C=O) groups is 3. The van der Waals surface area contributed by atoms with Gasteiger partial charge in [0.2, 0.25) is 6.79 Å². The van der Waals surface area contributed by atoms with Crippen molar-refractivity contribution < 1.29 is 33.7 Å². The highest BCUT2D eigenvalue weighted by Gasteiger charge is 2.22. The van der Waals surface area contributed by atoms with Gasteiger partial charge in [0.1, 0.15) is 6.04 Å². The highest BCUT2D eigenvalue weighted by molar-refractivity contribution is 5.97. The molecule has 9 nitrogen and oxygen atoms in total. The summed E-state index contributed by atoms with van der Waals surface area (Å²) in [7, 11) is 1.36. The zero-order valence-electron chi connectivity index (χ0n) is 12.3. The lowest BCUT2D eigenvalue weighted by Crippen LogP contribution is -2.38. The first-order chi connectivity index (χ1) is 10.4. The fourth-order valence-electron chi connectivity index (χ4n) is 1.39. The fraction of sp³-hybridized carbons (Fsp3) is 0.385. The Balaban J connectivity index is 2.99. The second-order valence-corrected chi connectivity index (χ2v) is 4.12. The summed E-state index contributed by atoms with van der Waals surface area (Å²) < 4.78 is 14.9. The number of carboxylic acids is 1. The number of esters is 1. The molecule has 0 aliphatic carbocycles. The van der Waals surface area contributed by atoms with Crippen LogP contribution in [-0.4, -0.2) is 47.9 Å². The number of pyridine rings is 1. The van der Waals surface area contributed by atoms with Crippen molar-refractivity contribution in [1.82, 2.24) is 10.3 Å². The maximum absolute atomic E-state index is 12.1. The summed E-state index contributed by atoms with van der Waals surface area (Å²) in [6, 6.07) is 0.336. The van der Waals surface area contributed by atoms with Crippen LogP contribution in [0.3, 0.4) is 0 Å². The molecule has 0 aliphatic rings. The van der Waals surface area contributed by atoms with Crippen molar-refractivity contribution in [1.29, 1.82) is 0 Å². The van der Waals surface area contributed by atoms with Crippen molar-refractivity contribution in [2.24, 2.45) is 0 Å². The summed E-state index contributed by atoms with van der Waals surface area (Å²) in [4.78, 5) is 37.4. The largest absolute Gasteiger partial charge is 0.493 e. The van der Waals surface area contributed by atoms with Gasteiger partial charge < -0.3 is 24.6 Å². The fourth-order valence-corrected chi connectivity index (χ4v) is 1.39. The highest BCUT2D eigenvalue weighted by atomic mass is 16.7. The van der Waals surface area contributed by atoms with E-state index in [-0.39, 0.29) is 17.2 Å². The summed E-state index contributed by atoms with van der Waals surface area (Å²) in [5, 5.41) is 11.0. The average molecular weight is 312 g/mol. The molecule has 1 rings (SSSR count). The van der Waals surface area contributed by atoms with Gasteiger partial charge in [-0.2, -0.15) is 0 Å². The molecule has 0 bridgehead atoms. The number of carbonyl (C=O) groups excluding carboxylic acids is 2. The molecule has 120 valence electrons. The number of aromatic nitrogens is 1. The molecule has 0 radical (unpaired) electrons. The first-order valence-electron chi connectivity index (χ1n) is 6.19. The Kier molecular flexibility index (Phi) is 6.11. The molecule has 0 aliphatic heterocycles. The number of ether oxygens (including phenoxy) is 3. The molecular weight excluding hydrogens is 296 g/mol. The van der Waals surface area contributed by atoms with E-state index < -0.39 is 30.7 Å². The van der Waals surface area contributed by atoms with Crippen LogP contribution in [0.25, 0.3) is 0 Å². The number of amides is 1. The van der Waals surface area contributed by atoms with Gasteiger partial charge in [0.25, 0.3) is 5.91 Å². The van der Waals surface area contributed by atoms with Gasteiger partial charge in [0.05, 0.1) is 7.11 Å². The summed E-state index contributed by atoms with van der Waals surface area (Å²) in [5.41, 5.74) is -0.181. The molecular formula is C13H16N2O7. The molecule has 22 heavy (non-hydrogen) atoms. The molecule has 1 aromatic rings. The predicted octanol–water partition coefficient (Wildman–Crippen LogP) is 0.192. The van der Waals surface area contributed by atoms with Gasteiger partial charge in [-0.15, -0.1) is 0 Å². The lowest BCUT2D eigenvalue weighted by molar-refractivity contribution is -0.147. The van der Waals surface area contributed by atoms with Crippen LogP contribution in [0.5, 0.6) is 11.5 Å². The lowest BCUT2D eigenvalue weighted by Gasteiger charge is -2.15. The minimum atomic E-state index is -1.20. The Labute approximate surface area is 126 Å². The van der Waals surface area contributed by atoms with Gasteiger partial charge in [-0.3, -0.25) is 14.4 Å². The minimum absolute atomic E-state index is 0.0543. The molecule has 0 saturated heterocycles. The summed E-state index contributed by atoms with van der Waals surface area (Å²) in [5.74, 6) is -2.38. The Morgan fingerprint density at radius 3 is 2.64 bits per heavy atom. The molecule has 0 spiro atoms. The van der Waals surface area contributed by atoms with E-state index in [1.165, 1.54) is 33.2 Å². The maximum atomic E-state index is 12.1. The van der Waals surface area contributed by atoms with Crippen molar-refractivity contribution in [2.75, 3.05) is 13.9 Å². The van der Waals surface area contributed by atoms with Crippen LogP contribution >= 0.6 is 0 Å². The van der Waals surface area contributed by atoms with Gasteiger partial charge in [0, 0.05) is 19.2 Å². The molecule has 1 aromatic heterocycles. The normalized spacial score (nSPS) is 11.2.